The average Bonchev–Trinajstić information content (AvgIpc) is 2.17. The molecular formula is C61H89F2N5O14. The molecule has 6 fully saturated rings. The molecule has 6 saturated carbocycles. The number of aliphatic hydroxyl groups excluding tert-OH is 4. The molecule has 0 aromatic carbocycles. The molecule has 0 spiro atoms. The summed E-state index contributed by atoms with van der Waals surface area (Å²) in [5, 5.41) is 90.2. The number of fused-ring (bicyclic) bond motifs is 10. The molecule has 0 heterocycles. The summed E-state index contributed by atoms with van der Waals surface area (Å²) >= 11 is 0. The van der Waals surface area contributed by atoms with Gasteiger partial charge < -0.3 is 50.5 Å². The number of methoxy groups -OCH3 is 1. The molecule has 0 unspecified atom stereocenters. The molecular weight excluding hydrogens is 1060 g/mol. The quantitative estimate of drug-likeness (QED) is 0.0810. The van der Waals surface area contributed by atoms with Crippen molar-refractivity contribution in [1.82, 2.24) is 16.2 Å². The van der Waals surface area contributed by atoms with E-state index in [2.05, 4.69) is 26.4 Å². The molecule has 8 aliphatic rings. The van der Waals surface area contributed by atoms with Crippen LogP contribution in [0.15, 0.2) is 57.8 Å². The number of ketones is 2. The highest BCUT2D eigenvalue weighted by Gasteiger charge is 2.77. The molecule has 8 aliphatic carbocycles. The SMILES string of the molecule is COC(C)(C)CCOC(C)(C)CCNC(=O)C(O)(CC(=O)N/N=C1\C=C[C@@]2(C)C(=C1)CC[C@H]1[C@@H]3C[C@@H](C)[C@](O)(C(=O)CO)[C@@]3(C)C[C@H](O)[C@@]12F)CC(=O)N/N=C1\C=C[C@@]2(C)C(=C1)CC[C@H]1[C@@H]3C[C@@H](C)[C@](O)(C(=O)CO)[C@@]3(C)C[C@H](O)[C@@]12F. The van der Waals surface area contributed by atoms with Crippen molar-refractivity contribution in [1.29, 1.82) is 0 Å². The molecule has 3 amide bonds. The maximum Gasteiger partial charge on any atom is 0.253 e. The van der Waals surface area contributed by atoms with Crippen LogP contribution in [0.2, 0.25) is 0 Å². The van der Waals surface area contributed by atoms with E-state index in [1.807, 2.05) is 27.7 Å². The first-order valence-electron chi connectivity index (χ1n) is 29.2. The fourth-order valence-corrected chi connectivity index (χ4v) is 17.2. The minimum Gasteiger partial charge on any atom is -0.390 e. The number of halogens is 2. The van der Waals surface area contributed by atoms with Crippen molar-refractivity contribution in [3.8, 4) is 0 Å². The van der Waals surface area contributed by atoms with Crippen LogP contribution in [0.25, 0.3) is 0 Å². The fourth-order valence-electron chi connectivity index (χ4n) is 17.2. The number of rotatable bonds is 19. The summed E-state index contributed by atoms with van der Waals surface area (Å²) in [7, 11) is 1.61. The van der Waals surface area contributed by atoms with Gasteiger partial charge in [0.15, 0.2) is 28.5 Å². The van der Waals surface area contributed by atoms with Crippen LogP contribution in [0.1, 0.15) is 146 Å². The van der Waals surface area contributed by atoms with Crippen LogP contribution in [-0.2, 0) is 33.4 Å². The van der Waals surface area contributed by atoms with E-state index >= 15 is 8.78 Å². The lowest BCUT2D eigenvalue weighted by Gasteiger charge is -2.62. The second-order valence-corrected chi connectivity index (χ2v) is 27.5. The topological polar surface area (TPSA) is 306 Å². The van der Waals surface area contributed by atoms with Crippen molar-refractivity contribution in [2.24, 2.45) is 67.4 Å². The van der Waals surface area contributed by atoms with Crippen LogP contribution in [0.5, 0.6) is 0 Å². The van der Waals surface area contributed by atoms with E-state index < -0.39 is 164 Å². The maximum atomic E-state index is 18.1. The highest BCUT2D eigenvalue weighted by atomic mass is 19.1. The van der Waals surface area contributed by atoms with Crippen LogP contribution in [0, 0.1) is 57.2 Å². The van der Waals surface area contributed by atoms with E-state index in [4.69, 9.17) is 9.47 Å². The van der Waals surface area contributed by atoms with Crippen molar-refractivity contribution in [3.63, 3.8) is 0 Å². The van der Waals surface area contributed by atoms with E-state index in [1.165, 1.54) is 12.2 Å². The highest BCUT2D eigenvalue weighted by Crippen LogP contribution is 2.72. The molecule has 21 heteroatoms. The van der Waals surface area contributed by atoms with Gasteiger partial charge in [0.2, 0.25) is 11.8 Å². The number of nitrogens with zero attached hydrogens (tertiary/aromatic N) is 2. The number of carbonyl (C=O) groups excluding carboxylic acids is 5. The van der Waals surface area contributed by atoms with E-state index in [0.717, 1.165) is 0 Å². The van der Waals surface area contributed by atoms with Crippen LogP contribution in [-0.4, -0.2) is 161 Å². The van der Waals surface area contributed by atoms with E-state index in [-0.39, 0.29) is 50.1 Å². The number of carbonyl (C=O) groups is 5. The number of hydrazone groups is 2. The zero-order chi connectivity index (χ0) is 60.8. The number of ether oxygens (including phenoxy) is 2. The Bertz CT molecular complexity index is 2630. The highest BCUT2D eigenvalue weighted by molar-refractivity contribution is 6.07. The minimum absolute atomic E-state index is 0.0253. The van der Waals surface area contributed by atoms with E-state index in [0.29, 0.717) is 49.9 Å². The third-order valence-electron chi connectivity index (χ3n) is 22.3. The van der Waals surface area contributed by atoms with Gasteiger partial charge in [0.05, 0.1) is 54.3 Å². The Morgan fingerprint density at radius 2 is 1.10 bits per heavy atom. The first-order valence-corrected chi connectivity index (χ1v) is 29.2. The summed E-state index contributed by atoms with van der Waals surface area (Å²) in [6.07, 6.45) is 6.55. The van der Waals surface area contributed by atoms with Gasteiger partial charge in [-0.2, -0.15) is 10.2 Å². The van der Waals surface area contributed by atoms with Crippen molar-refractivity contribution in [2.45, 2.75) is 198 Å². The number of allylic oxidation sites excluding steroid dienone is 8. The van der Waals surface area contributed by atoms with Crippen molar-refractivity contribution in [2.75, 3.05) is 33.5 Å². The summed E-state index contributed by atoms with van der Waals surface area (Å²) in [6, 6.07) is 0. The molecule has 0 bridgehead atoms. The first-order chi connectivity index (χ1) is 38.0. The van der Waals surface area contributed by atoms with Gasteiger partial charge in [-0.3, -0.25) is 24.0 Å². The summed E-state index contributed by atoms with van der Waals surface area (Å²) in [6.45, 7) is 16.2. The number of alkyl halides is 2. The number of aliphatic hydroxyl groups is 7. The predicted molar refractivity (Wildman–Crippen MR) is 299 cm³/mol. The van der Waals surface area contributed by atoms with E-state index in [1.54, 1.807) is 73.0 Å². The zero-order valence-corrected chi connectivity index (χ0v) is 49.5. The Kier molecular flexibility index (Phi) is 16.9. The fraction of sp³-hybridized carbons (Fsp3) is 0.754. The third-order valence-corrected chi connectivity index (χ3v) is 22.3. The van der Waals surface area contributed by atoms with Gasteiger partial charge >= 0.3 is 0 Å². The Labute approximate surface area is 479 Å². The lowest BCUT2D eigenvalue weighted by molar-refractivity contribution is -0.219. The molecule has 0 saturated heterocycles. The smallest absolute Gasteiger partial charge is 0.253 e. The molecule has 0 aliphatic heterocycles. The molecule has 10 N–H and O–H groups in total. The minimum atomic E-state index is -2.67. The number of Topliss-reactive ketones (excluding diaryl/α,β-unsaturated/α-hetero) is 2. The van der Waals surface area contributed by atoms with Gasteiger partial charge in [0.1, 0.15) is 24.4 Å². The molecule has 19 nitrogen and oxygen atoms in total. The van der Waals surface area contributed by atoms with Gasteiger partial charge in [-0.25, -0.2) is 19.6 Å². The van der Waals surface area contributed by atoms with Gasteiger partial charge in [-0.05, 0) is 154 Å². The summed E-state index contributed by atoms with van der Waals surface area (Å²) in [5.41, 5.74) is -11.0. The average molecular weight is 1150 g/mol. The second-order valence-electron chi connectivity index (χ2n) is 27.5. The van der Waals surface area contributed by atoms with Crippen molar-refractivity contribution in [3.05, 3.63) is 47.6 Å². The maximum absolute atomic E-state index is 18.1. The molecule has 8 rings (SSSR count). The lowest BCUT2D eigenvalue weighted by atomic mass is 9.44. The standard InChI is InChI=1S/C61H89F2N5O14/c1-34-24-42-40-14-12-36-26-38(16-18-53(36,7)58(40,62)44(71)28-55(42,9)60(34,79)46(73)32-69)65-67-48(75)30-57(78,50(77)64-22-20-52(5,6)82-23-21-51(3,4)81-11)31-49(76)68-66-39-17-19-54(8)37(27-39)13-15-41-43-25-35(2)61(80,47(74)33-70)56(43,10)29-45(72)59(41,54)63/h16-19,26-27,34-35,40-45,69-72,78-80H,12-15,20-25,28-33H2,1-11H3,(H,64,77)(H,67,75)(H,68,76)/b65-38+,66-39+/t34-,35-,40+,41+,42+,43+,44+,45+,53+,54+,55+,56+,58+,59+,60+,61+/m1/s1. The van der Waals surface area contributed by atoms with Gasteiger partial charge in [-0.1, -0.05) is 51.0 Å². The van der Waals surface area contributed by atoms with Crippen LogP contribution < -0.4 is 16.2 Å². The van der Waals surface area contributed by atoms with Gasteiger partial charge in [0.25, 0.3) is 5.91 Å². The largest absolute Gasteiger partial charge is 0.390 e. The Morgan fingerprint density at radius 1 is 0.683 bits per heavy atom. The monoisotopic (exact) mass is 1150 g/mol. The van der Waals surface area contributed by atoms with Crippen molar-refractivity contribution < 1.29 is 78.0 Å². The zero-order valence-electron chi connectivity index (χ0n) is 49.5. The summed E-state index contributed by atoms with van der Waals surface area (Å²) in [4.78, 5) is 67.8. The first kappa shape index (κ1) is 63.6. The molecule has 0 radical (unpaired) electrons. The number of amides is 3. The summed E-state index contributed by atoms with van der Waals surface area (Å²) in [5.74, 6) is -8.14. The third kappa shape index (κ3) is 9.75. The Hall–Kier alpha value is -4.45. The second kappa shape index (κ2) is 21.8. The van der Waals surface area contributed by atoms with Crippen LogP contribution in [0.4, 0.5) is 8.78 Å². The number of hydrogen-bond acceptors (Lipinski definition) is 16. The molecule has 0 aromatic heterocycles. The molecule has 456 valence electrons. The summed E-state index contributed by atoms with van der Waals surface area (Å²) < 4.78 is 47.7. The van der Waals surface area contributed by atoms with E-state index in [9.17, 15) is 59.7 Å². The lowest BCUT2D eigenvalue weighted by Crippen LogP contribution is -2.69. The van der Waals surface area contributed by atoms with Crippen LogP contribution in [0.3, 0.4) is 0 Å². The number of hydrogen-bond donors (Lipinski definition) is 10. The van der Waals surface area contributed by atoms with Crippen molar-refractivity contribution >= 4 is 40.7 Å². The predicted octanol–water partition coefficient (Wildman–Crippen LogP) is 4.24. The molecule has 82 heavy (non-hydrogen) atoms. The van der Waals surface area contributed by atoms with Gasteiger partial charge in [0, 0.05) is 47.2 Å². The molecule has 0 aromatic rings. The number of nitrogens with one attached hydrogen (secondary N) is 3. The Balaban J connectivity index is 0.968. The normalized spacial score (nSPS) is 41.3. The Morgan fingerprint density at radius 3 is 1.49 bits per heavy atom. The molecule has 16 atom stereocenters. The van der Waals surface area contributed by atoms with Gasteiger partial charge in [-0.15, -0.1) is 0 Å². The van der Waals surface area contributed by atoms with Crippen LogP contribution >= 0.6 is 0 Å².